The second-order valence-electron chi connectivity index (χ2n) is 4.47. The van der Waals surface area contributed by atoms with Crippen LogP contribution >= 0.6 is 0 Å². The smallest absolute Gasteiger partial charge is 0.246 e. The van der Waals surface area contributed by atoms with Crippen molar-refractivity contribution in [2.45, 2.75) is 4.90 Å². The zero-order chi connectivity index (χ0) is 15.0. The molecule has 0 aromatic heterocycles. The molecule has 0 radical (unpaired) electrons. The molecule has 2 N–H and O–H groups in total. The molecular weight excluding hydrogens is 304 g/mol. The molecule has 1 aromatic rings. The van der Waals surface area contributed by atoms with Gasteiger partial charge in [0.25, 0.3) is 0 Å². The van der Waals surface area contributed by atoms with Crippen molar-refractivity contribution < 1.29 is 21.6 Å². The maximum Gasteiger partial charge on any atom is 0.246 e. The van der Waals surface area contributed by atoms with E-state index in [1.54, 1.807) is 0 Å². The summed E-state index contributed by atoms with van der Waals surface area (Å²) in [5.41, 5.74) is 5.98. The molecule has 1 heterocycles. The molecular formula is C11H16N2O5S2. The number of nitrogens with zero attached hydrogens (tertiary/aromatic N) is 1. The first-order chi connectivity index (χ1) is 9.26. The van der Waals surface area contributed by atoms with E-state index in [-0.39, 0.29) is 35.2 Å². The average Bonchev–Trinajstić information content (AvgIpc) is 2.37. The summed E-state index contributed by atoms with van der Waals surface area (Å²) in [6, 6.07) is 4.26. The van der Waals surface area contributed by atoms with Gasteiger partial charge in [-0.05, 0) is 12.1 Å². The summed E-state index contributed by atoms with van der Waals surface area (Å²) in [6.45, 7) is -0.0869. The number of anilines is 1. The fourth-order valence-corrected chi connectivity index (χ4v) is 4.98. The predicted molar refractivity (Wildman–Crippen MR) is 74.8 cm³/mol. The van der Waals surface area contributed by atoms with Crippen LogP contribution in [0.15, 0.2) is 23.1 Å². The van der Waals surface area contributed by atoms with Gasteiger partial charge in [0.05, 0.1) is 18.6 Å². The summed E-state index contributed by atoms with van der Waals surface area (Å²) >= 11 is 0. The molecule has 1 aliphatic heterocycles. The van der Waals surface area contributed by atoms with Crippen molar-refractivity contribution >= 4 is 25.5 Å². The lowest BCUT2D eigenvalue weighted by Gasteiger charge is -2.26. The minimum Gasteiger partial charge on any atom is -0.495 e. The van der Waals surface area contributed by atoms with Crippen molar-refractivity contribution in [1.82, 2.24) is 4.31 Å². The van der Waals surface area contributed by atoms with E-state index < -0.39 is 19.9 Å². The van der Waals surface area contributed by atoms with Gasteiger partial charge in [0.2, 0.25) is 10.0 Å². The summed E-state index contributed by atoms with van der Waals surface area (Å²) < 4.78 is 53.9. The molecule has 9 heteroatoms. The van der Waals surface area contributed by atoms with Gasteiger partial charge in [0.15, 0.2) is 9.84 Å². The number of ether oxygens (including phenoxy) is 1. The molecule has 1 aliphatic rings. The van der Waals surface area contributed by atoms with Crippen LogP contribution in [0.3, 0.4) is 0 Å². The Kier molecular flexibility index (Phi) is 3.94. The average molecular weight is 320 g/mol. The third kappa shape index (κ3) is 2.89. The Labute approximate surface area is 118 Å². The number of methoxy groups -OCH3 is 1. The van der Waals surface area contributed by atoms with Crippen LogP contribution in [0.4, 0.5) is 5.69 Å². The van der Waals surface area contributed by atoms with E-state index in [2.05, 4.69) is 0 Å². The topological polar surface area (TPSA) is 107 Å². The summed E-state index contributed by atoms with van der Waals surface area (Å²) in [5, 5.41) is 0. The molecule has 0 amide bonds. The van der Waals surface area contributed by atoms with E-state index in [1.807, 2.05) is 0 Å². The summed E-state index contributed by atoms with van der Waals surface area (Å²) in [7, 11) is -5.57. The fraction of sp³-hybridized carbons (Fsp3) is 0.455. The van der Waals surface area contributed by atoms with Crippen LogP contribution in [0.5, 0.6) is 5.75 Å². The third-order valence-electron chi connectivity index (χ3n) is 3.11. The Bertz CT molecular complexity index is 698. The Hall–Kier alpha value is -1.32. The lowest BCUT2D eigenvalue weighted by Crippen LogP contribution is -2.43. The van der Waals surface area contributed by atoms with Gasteiger partial charge >= 0.3 is 0 Å². The SMILES string of the molecule is COc1cc(N)ccc1S(=O)(=O)N1CCS(=O)(=O)CC1. The van der Waals surface area contributed by atoms with Gasteiger partial charge in [-0.2, -0.15) is 4.31 Å². The summed E-state index contributed by atoms with van der Waals surface area (Å²) in [6.07, 6.45) is 0. The van der Waals surface area contributed by atoms with Crippen molar-refractivity contribution in [3.63, 3.8) is 0 Å². The second kappa shape index (κ2) is 5.23. The van der Waals surface area contributed by atoms with Crippen molar-refractivity contribution in [1.29, 1.82) is 0 Å². The largest absolute Gasteiger partial charge is 0.495 e. The Morgan fingerprint density at radius 3 is 2.40 bits per heavy atom. The first-order valence-electron chi connectivity index (χ1n) is 5.90. The van der Waals surface area contributed by atoms with Gasteiger partial charge in [0, 0.05) is 24.8 Å². The van der Waals surface area contributed by atoms with Crippen molar-refractivity contribution in [3.05, 3.63) is 18.2 Å². The molecule has 0 spiro atoms. The number of nitrogen functional groups attached to an aromatic ring is 1. The van der Waals surface area contributed by atoms with Crippen LogP contribution in [-0.4, -0.2) is 52.8 Å². The number of sulfone groups is 1. The predicted octanol–water partition coefficient (Wildman–Crippen LogP) is -0.303. The second-order valence-corrected chi connectivity index (χ2v) is 8.68. The number of sulfonamides is 1. The third-order valence-corrected chi connectivity index (χ3v) is 6.66. The van der Waals surface area contributed by atoms with Crippen LogP contribution in [0.1, 0.15) is 0 Å². The van der Waals surface area contributed by atoms with Crippen LogP contribution in [0.2, 0.25) is 0 Å². The fourth-order valence-electron chi connectivity index (χ4n) is 1.97. The number of hydrogen-bond acceptors (Lipinski definition) is 6. The molecule has 0 aliphatic carbocycles. The molecule has 20 heavy (non-hydrogen) atoms. The standard InChI is InChI=1S/C11H16N2O5S2/c1-18-10-8-9(12)2-3-11(10)20(16,17)13-4-6-19(14,15)7-5-13/h2-3,8H,4-7,12H2,1H3. The van der Waals surface area contributed by atoms with Crippen LogP contribution in [0.25, 0.3) is 0 Å². The van der Waals surface area contributed by atoms with Gasteiger partial charge in [-0.3, -0.25) is 0 Å². The van der Waals surface area contributed by atoms with Crippen molar-refractivity contribution in [2.24, 2.45) is 0 Å². The van der Waals surface area contributed by atoms with Gasteiger partial charge < -0.3 is 10.5 Å². The van der Waals surface area contributed by atoms with Crippen molar-refractivity contribution in [3.8, 4) is 5.75 Å². The number of benzene rings is 1. The molecule has 0 atom stereocenters. The van der Waals surface area contributed by atoms with E-state index in [0.29, 0.717) is 5.69 Å². The number of nitrogens with two attached hydrogens (primary N) is 1. The minimum absolute atomic E-state index is 0.00602. The number of rotatable bonds is 3. The highest BCUT2D eigenvalue weighted by molar-refractivity contribution is 7.92. The Morgan fingerprint density at radius 1 is 1.25 bits per heavy atom. The molecule has 112 valence electrons. The zero-order valence-corrected chi connectivity index (χ0v) is 12.6. The molecule has 0 bridgehead atoms. The monoisotopic (exact) mass is 320 g/mol. The maximum absolute atomic E-state index is 12.5. The molecule has 7 nitrogen and oxygen atoms in total. The van der Waals surface area contributed by atoms with E-state index in [4.69, 9.17) is 10.5 Å². The molecule has 0 unspecified atom stereocenters. The minimum atomic E-state index is -3.78. The highest BCUT2D eigenvalue weighted by Crippen LogP contribution is 2.29. The molecule has 2 rings (SSSR count). The highest BCUT2D eigenvalue weighted by Gasteiger charge is 2.32. The Morgan fingerprint density at radius 2 is 1.85 bits per heavy atom. The van der Waals surface area contributed by atoms with Crippen LogP contribution in [0, 0.1) is 0 Å². The summed E-state index contributed by atoms with van der Waals surface area (Å²) in [4.78, 5) is -0.00602. The van der Waals surface area contributed by atoms with E-state index in [0.717, 1.165) is 4.31 Å². The first-order valence-corrected chi connectivity index (χ1v) is 9.16. The van der Waals surface area contributed by atoms with Crippen LogP contribution in [-0.2, 0) is 19.9 Å². The van der Waals surface area contributed by atoms with Crippen molar-refractivity contribution in [2.75, 3.05) is 37.4 Å². The van der Waals surface area contributed by atoms with Gasteiger partial charge in [-0.15, -0.1) is 0 Å². The maximum atomic E-state index is 12.5. The van der Waals surface area contributed by atoms with E-state index in [1.165, 1.54) is 25.3 Å². The molecule has 0 saturated carbocycles. The lowest BCUT2D eigenvalue weighted by atomic mass is 10.3. The molecule has 1 fully saturated rings. The van der Waals surface area contributed by atoms with E-state index >= 15 is 0 Å². The lowest BCUT2D eigenvalue weighted by molar-refractivity contribution is 0.394. The Balaban J connectivity index is 2.36. The van der Waals surface area contributed by atoms with Crippen LogP contribution < -0.4 is 10.5 Å². The zero-order valence-electron chi connectivity index (χ0n) is 10.9. The molecule has 1 aromatic carbocycles. The highest BCUT2D eigenvalue weighted by atomic mass is 32.2. The van der Waals surface area contributed by atoms with Gasteiger partial charge in [-0.25, -0.2) is 16.8 Å². The van der Waals surface area contributed by atoms with E-state index in [9.17, 15) is 16.8 Å². The van der Waals surface area contributed by atoms with Gasteiger partial charge in [-0.1, -0.05) is 0 Å². The first kappa shape index (κ1) is 15.1. The molecule has 1 saturated heterocycles. The normalized spacial score (nSPS) is 19.6. The quantitative estimate of drug-likeness (QED) is 0.766. The summed E-state index contributed by atoms with van der Waals surface area (Å²) in [5.74, 6) is -0.175. The van der Waals surface area contributed by atoms with Gasteiger partial charge in [0.1, 0.15) is 10.6 Å². The number of hydrogen-bond donors (Lipinski definition) is 1.